The summed E-state index contributed by atoms with van der Waals surface area (Å²) in [6, 6.07) is 0. The van der Waals surface area contributed by atoms with Crippen molar-refractivity contribution in [1.29, 1.82) is 0 Å². The highest BCUT2D eigenvalue weighted by atomic mass is 33.1. The van der Waals surface area contributed by atoms with E-state index in [1.165, 1.54) is 4.31 Å². The van der Waals surface area contributed by atoms with E-state index in [1.54, 1.807) is 6.92 Å². The van der Waals surface area contributed by atoms with Crippen LogP contribution in [0.15, 0.2) is 0 Å². The summed E-state index contributed by atoms with van der Waals surface area (Å²) < 4.78 is 29.5. The van der Waals surface area contributed by atoms with Crippen LogP contribution in [0.2, 0.25) is 0 Å². The first-order chi connectivity index (χ1) is 6.09. The van der Waals surface area contributed by atoms with Crippen LogP contribution in [0.3, 0.4) is 0 Å². The number of hydrogen-bond acceptors (Lipinski definition) is 5. The van der Waals surface area contributed by atoms with Crippen molar-refractivity contribution in [1.82, 2.24) is 4.31 Å². The number of morpholine rings is 1. The zero-order valence-electron chi connectivity index (χ0n) is 7.34. The van der Waals surface area contributed by atoms with E-state index in [0.29, 0.717) is 26.3 Å². The number of hydrogen-bond donors (Lipinski definition) is 1. The number of thiol groups is 1. The molecule has 1 aliphatic rings. The molecule has 78 valence electrons. The number of rotatable bonds is 3. The number of sulfonamides is 1. The van der Waals surface area contributed by atoms with E-state index in [-0.39, 0.29) is 0 Å². The maximum atomic E-state index is 11.7. The SMILES string of the molecule is CC(SS)S(=O)(=O)N1CCOCC1. The van der Waals surface area contributed by atoms with Crippen LogP contribution in [0.1, 0.15) is 6.92 Å². The first kappa shape index (κ1) is 11.6. The maximum Gasteiger partial charge on any atom is 0.227 e. The summed E-state index contributed by atoms with van der Waals surface area (Å²) in [5.74, 6) is 0. The largest absolute Gasteiger partial charge is 0.379 e. The van der Waals surface area contributed by atoms with E-state index in [2.05, 4.69) is 11.7 Å². The monoisotopic (exact) mass is 243 g/mol. The molecule has 0 aromatic carbocycles. The van der Waals surface area contributed by atoms with Gasteiger partial charge in [-0.15, -0.1) is 11.7 Å². The normalized spacial score (nSPS) is 22.9. The predicted octanol–water partition coefficient (Wildman–Crippen LogP) is 0.572. The molecule has 0 radical (unpaired) electrons. The predicted molar refractivity (Wildman–Crippen MR) is 57.4 cm³/mol. The van der Waals surface area contributed by atoms with Gasteiger partial charge in [0.2, 0.25) is 10.0 Å². The molecule has 1 fully saturated rings. The van der Waals surface area contributed by atoms with E-state index in [4.69, 9.17) is 4.74 Å². The molecule has 0 aromatic heterocycles. The van der Waals surface area contributed by atoms with E-state index >= 15 is 0 Å². The van der Waals surface area contributed by atoms with Gasteiger partial charge in [-0.2, -0.15) is 4.31 Å². The summed E-state index contributed by atoms with van der Waals surface area (Å²) in [7, 11) is -2.12. The van der Waals surface area contributed by atoms with Crippen LogP contribution >= 0.6 is 22.5 Å². The van der Waals surface area contributed by atoms with Gasteiger partial charge in [0.1, 0.15) is 4.58 Å². The molecular formula is C6H13NO3S3. The lowest BCUT2D eigenvalue weighted by Crippen LogP contribution is -2.43. The van der Waals surface area contributed by atoms with Crippen molar-refractivity contribution >= 4 is 32.5 Å². The van der Waals surface area contributed by atoms with Gasteiger partial charge < -0.3 is 4.74 Å². The van der Waals surface area contributed by atoms with Crippen molar-refractivity contribution in [2.75, 3.05) is 26.3 Å². The molecule has 1 atom stereocenters. The molecule has 0 saturated carbocycles. The lowest BCUT2D eigenvalue weighted by molar-refractivity contribution is 0.0730. The molecule has 0 spiro atoms. The summed E-state index contributed by atoms with van der Waals surface area (Å²) in [5.41, 5.74) is 0. The number of ether oxygens (including phenoxy) is 1. The Hall–Kier alpha value is 0.570. The highest BCUT2D eigenvalue weighted by Crippen LogP contribution is 2.23. The molecule has 0 amide bonds. The third-order valence-corrected chi connectivity index (χ3v) is 6.51. The molecule has 0 aliphatic carbocycles. The molecule has 1 saturated heterocycles. The van der Waals surface area contributed by atoms with Gasteiger partial charge in [0.15, 0.2) is 0 Å². The molecule has 7 heteroatoms. The second-order valence-corrected chi connectivity index (χ2v) is 6.83. The first-order valence-electron chi connectivity index (χ1n) is 3.96. The minimum Gasteiger partial charge on any atom is -0.379 e. The van der Waals surface area contributed by atoms with Gasteiger partial charge >= 0.3 is 0 Å². The average Bonchev–Trinajstić information content (AvgIpc) is 2.18. The molecule has 1 aliphatic heterocycles. The average molecular weight is 243 g/mol. The fourth-order valence-electron chi connectivity index (χ4n) is 1.07. The summed E-state index contributed by atoms with van der Waals surface area (Å²) in [4.78, 5) is 0. The Bertz CT molecular complexity index is 248. The highest BCUT2D eigenvalue weighted by molar-refractivity contribution is 8.70. The summed E-state index contributed by atoms with van der Waals surface area (Å²) >= 11 is 3.91. The molecule has 4 nitrogen and oxygen atoms in total. The quantitative estimate of drug-likeness (QED) is 0.581. The molecule has 1 heterocycles. The van der Waals surface area contributed by atoms with Crippen LogP contribution in [-0.2, 0) is 14.8 Å². The third-order valence-electron chi connectivity index (χ3n) is 1.90. The van der Waals surface area contributed by atoms with Crippen molar-refractivity contribution in [2.45, 2.75) is 11.5 Å². The van der Waals surface area contributed by atoms with E-state index in [9.17, 15) is 8.42 Å². The molecule has 0 aromatic rings. The molecule has 1 unspecified atom stereocenters. The second-order valence-electron chi connectivity index (χ2n) is 2.73. The molecule has 0 N–H and O–H groups in total. The zero-order chi connectivity index (χ0) is 9.90. The lowest BCUT2D eigenvalue weighted by atomic mass is 10.5. The van der Waals surface area contributed by atoms with Gasteiger partial charge in [0.05, 0.1) is 13.2 Å². The van der Waals surface area contributed by atoms with Crippen LogP contribution in [0.5, 0.6) is 0 Å². The lowest BCUT2D eigenvalue weighted by Gasteiger charge is -2.27. The Labute approximate surface area is 87.9 Å². The fraction of sp³-hybridized carbons (Fsp3) is 1.00. The summed E-state index contributed by atoms with van der Waals surface area (Å²) in [5, 5.41) is 0. The zero-order valence-corrected chi connectivity index (χ0v) is 9.87. The van der Waals surface area contributed by atoms with Crippen LogP contribution in [-0.4, -0.2) is 43.6 Å². The van der Waals surface area contributed by atoms with Crippen LogP contribution in [0.4, 0.5) is 0 Å². The molecule has 0 bridgehead atoms. The minimum atomic E-state index is -3.17. The van der Waals surface area contributed by atoms with E-state index in [0.717, 1.165) is 10.8 Å². The van der Waals surface area contributed by atoms with Gasteiger partial charge in [0.25, 0.3) is 0 Å². The Morgan fingerprint density at radius 1 is 1.46 bits per heavy atom. The maximum absolute atomic E-state index is 11.7. The van der Waals surface area contributed by atoms with E-state index in [1.807, 2.05) is 0 Å². The fourth-order valence-corrected chi connectivity index (χ4v) is 3.92. The van der Waals surface area contributed by atoms with Crippen molar-refractivity contribution in [3.8, 4) is 0 Å². The first-order valence-corrected chi connectivity index (χ1v) is 7.39. The topological polar surface area (TPSA) is 46.6 Å². The van der Waals surface area contributed by atoms with Gasteiger partial charge in [0, 0.05) is 13.1 Å². The Balaban J connectivity index is 2.67. The highest BCUT2D eigenvalue weighted by Gasteiger charge is 2.29. The van der Waals surface area contributed by atoms with E-state index < -0.39 is 14.6 Å². The third kappa shape index (κ3) is 2.76. The van der Waals surface area contributed by atoms with Crippen molar-refractivity contribution < 1.29 is 13.2 Å². The molecule has 1 rings (SSSR count). The smallest absolute Gasteiger partial charge is 0.227 e. The summed E-state index contributed by atoms with van der Waals surface area (Å²) in [6.45, 7) is 3.54. The Morgan fingerprint density at radius 3 is 2.46 bits per heavy atom. The standard InChI is InChI=1S/C6H13NO3S3/c1-6(12-11)13(8,9)7-2-4-10-5-3-7/h6,11H,2-5H2,1H3. The van der Waals surface area contributed by atoms with Gasteiger partial charge in [-0.05, 0) is 6.92 Å². The van der Waals surface area contributed by atoms with Crippen LogP contribution in [0, 0.1) is 0 Å². The Kier molecular flexibility index (Phi) is 4.37. The van der Waals surface area contributed by atoms with Crippen molar-refractivity contribution in [2.24, 2.45) is 0 Å². The Morgan fingerprint density at radius 2 is 2.00 bits per heavy atom. The minimum absolute atomic E-state index is 0.459. The van der Waals surface area contributed by atoms with Gasteiger partial charge in [-0.3, -0.25) is 0 Å². The van der Waals surface area contributed by atoms with Crippen molar-refractivity contribution in [3.63, 3.8) is 0 Å². The summed E-state index contributed by atoms with van der Waals surface area (Å²) in [6.07, 6.45) is 0. The van der Waals surface area contributed by atoms with Gasteiger partial charge in [-0.25, -0.2) is 8.42 Å². The van der Waals surface area contributed by atoms with Crippen molar-refractivity contribution in [3.05, 3.63) is 0 Å². The molecular weight excluding hydrogens is 230 g/mol. The van der Waals surface area contributed by atoms with Crippen LogP contribution < -0.4 is 0 Å². The van der Waals surface area contributed by atoms with Gasteiger partial charge in [-0.1, -0.05) is 10.8 Å². The molecule has 13 heavy (non-hydrogen) atoms. The number of nitrogens with zero attached hydrogens (tertiary/aromatic N) is 1. The second kappa shape index (κ2) is 4.88. The van der Waals surface area contributed by atoms with Crippen LogP contribution in [0.25, 0.3) is 0 Å².